The molecule has 0 saturated heterocycles. The summed E-state index contributed by atoms with van der Waals surface area (Å²) in [7, 11) is 1.38. The highest BCUT2D eigenvalue weighted by molar-refractivity contribution is 6.03. The van der Waals surface area contributed by atoms with Crippen molar-refractivity contribution < 1.29 is 9.59 Å². The van der Waals surface area contributed by atoms with Gasteiger partial charge in [0.05, 0.1) is 0 Å². The van der Waals surface area contributed by atoms with Gasteiger partial charge in [0.1, 0.15) is 0 Å². The number of carbonyl (C=O) groups is 2. The van der Waals surface area contributed by atoms with Gasteiger partial charge in [0.25, 0.3) is 0 Å². The van der Waals surface area contributed by atoms with Crippen molar-refractivity contribution in [1.82, 2.24) is 5.32 Å². The molecule has 0 radical (unpaired) electrons. The number of nitrogens with two attached hydrogens (primary N) is 2. The van der Waals surface area contributed by atoms with Gasteiger partial charge >= 0.3 is 0 Å². The molecule has 0 aromatic carbocycles. The first-order valence-electron chi connectivity index (χ1n) is 2.36. The molecule has 9 heavy (non-hydrogen) atoms. The third-order valence-corrected chi connectivity index (χ3v) is 0.835. The molecule has 5 N–H and O–H groups in total. The molecular weight excluding hydrogens is 122 g/mol. The molecule has 2 amide bonds. The molecule has 0 aliphatic heterocycles. The Morgan fingerprint density at radius 2 is 2.00 bits per heavy atom. The summed E-state index contributed by atoms with van der Waals surface area (Å²) in [5, 5.41) is 2.18. The Kier molecular flexibility index (Phi) is 2.66. The van der Waals surface area contributed by atoms with E-state index in [1.54, 1.807) is 0 Å². The number of rotatable bonds is 2. The molecule has 0 aromatic rings. The summed E-state index contributed by atoms with van der Waals surface area (Å²) in [6, 6.07) is -1.23. The molecule has 0 aromatic heterocycles. The minimum Gasteiger partial charge on any atom is -0.368 e. The van der Waals surface area contributed by atoms with E-state index in [2.05, 4.69) is 11.1 Å². The summed E-state index contributed by atoms with van der Waals surface area (Å²) in [6.07, 6.45) is 0. The lowest BCUT2D eigenvalue weighted by Crippen LogP contribution is -2.48. The van der Waals surface area contributed by atoms with E-state index in [4.69, 9.17) is 5.73 Å². The lowest BCUT2D eigenvalue weighted by atomic mass is 10.3. The molecule has 0 aliphatic carbocycles. The van der Waals surface area contributed by atoms with Crippen LogP contribution in [0.25, 0.3) is 0 Å². The quantitative estimate of drug-likeness (QED) is 0.362. The summed E-state index contributed by atoms with van der Waals surface area (Å²) in [5.74, 6) is -1.39. The van der Waals surface area contributed by atoms with Crippen molar-refractivity contribution in [3.8, 4) is 0 Å². The molecule has 1 unspecified atom stereocenters. The van der Waals surface area contributed by atoms with Crippen LogP contribution in [-0.2, 0) is 9.59 Å². The maximum absolute atomic E-state index is 10.4. The van der Waals surface area contributed by atoms with Gasteiger partial charge in [-0.25, -0.2) is 0 Å². The van der Waals surface area contributed by atoms with Crippen LogP contribution >= 0.6 is 0 Å². The van der Waals surface area contributed by atoms with E-state index in [1.807, 2.05) is 0 Å². The molecule has 1 atom stereocenters. The van der Waals surface area contributed by atoms with Crippen LogP contribution in [-0.4, -0.2) is 24.9 Å². The predicted molar refractivity (Wildman–Crippen MR) is 31.2 cm³/mol. The summed E-state index contributed by atoms with van der Waals surface area (Å²) in [6.45, 7) is 0. The average molecular weight is 131 g/mol. The van der Waals surface area contributed by atoms with E-state index < -0.39 is 17.9 Å². The zero-order valence-electron chi connectivity index (χ0n) is 5.05. The molecular formula is C4H9N3O2. The van der Waals surface area contributed by atoms with Crippen molar-refractivity contribution >= 4 is 11.8 Å². The SMILES string of the molecule is CNC(=O)C(N)C(N)=O. The predicted octanol–water partition coefficient (Wildman–Crippen LogP) is -2.45. The first-order chi connectivity index (χ1) is 4.09. The minimum atomic E-state index is -1.23. The Morgan fingerprint density at radius 3 is 2.11 bits per heavy atom. The normalized spacial score (nSPS) is 12.2. The summed E-state index contributed by atoms with van der Waals surface area (Å²) in [4.78, 5) is 20.6. The standard InChI is InChI=1S/C4H9N3O2/c1-7-4(9)2(5)3(6)8/h2H,5H2,1H3,(H2,6,8)(H,7,9). The lowest BCUT2D eigenvalue weighted by molar-refractivity contribution is -0.129. The van der Waals surface area contributed by atoms with Gasteiger partial charge in [-0.1, -0.05) is 0 Å². The Morgan fingerprint density at radius 1 is 1.56 bits per heavy atom. The second-order valence-corrected chi connectivity index (χ2v) is 1.49. The van der Waals surface area contributed by atoms with Crippen LogP contribution in [0.3, 0.4) is 0 Å². The third-order valence-electron chi connectivity index (χ3n) is 0.835. The smallest absolute Gasteiger partial charge is 0.246 e. The van der Waals surface area contributed by atoms with Crippen LogP contribution in [0.1, 0.15) is 0 Å². The van der Waals surface area contributed by atoms with Crippen LogP contribution in [0.2, 0.25) is 0 Å². The highest BCUT2D eigenvalue weighted by Crippen LogP contribution is 1.72. The summed E-state index contributed by atoms with van der Waals surface area (Å²) in [5.41, 5.74) is 9.67. The molecule has 0 aliphatic rings. The molecule has 0 rings (SSSR count). The Balaban J connectivity index is 3.88. The number of nitrogens with one attached hydrogen (secondary N) is 1. The van der Waals surface area contributed by atoms with Crippen molar-refractivity contribution in [2.45, 2.75) is 6.04 Å². The number of amides is 2. The van der Waals surface area contributed by atoms with Gasteiger partial charge in [-0.15, -0.1) is 0 Å². The fourth-order valence-corrected chi connectivity index (χ4v) is 0.285. The zero-order chi connectivity index (χ0) is 7.44. The highest BCUT2D eigenvalue weighted by atomic mass is 16.2. The van der Waals surface area contributed by atoms with Crippen LogP contribution in [0.5, 0.6) is 0 Å². The van der Waals surface area contributed by atoms with Crippen molar-refractivity contribution in [2.75, 3.05) is 7.05 Å². The summed E-state index contributed by atoms with van der Waals surface area (Å²) < 4.78 is 0. The van der Waals surface area contributed by atoms with E-state index in [0.717, 1.165) is 0 Å². The van der Waals surface area contributed by atoms with Gasteiger partial charge in [-0.3, -0.25) is 9.59 Å². The maximum atomic E-state index is 10.4. The van der Waals surface area contributed by atoms with Crippen molar-refractivity contribution in [2.24, 2.45) is 11.5 Å². The number of primary amides is 1. The van der Waals surface area contributed by atoms with Gasteiger partial charge in [0.15, 0.2) is 6.04 Å². The molecule has 0 bridgehead atoms. The van der Waals surface area contributed by atoms with E-state index >= 15 is 0 Å². The lowest BCUT2D eigenvalue weighted by Gasteiger charge is -2.02. The van der Waals surface area contributed by atoms with E-state index in [-0.39, 0.29) is 0 Å². The molecule has 0 fully saturated rings. The van der Waals surface area contributed by atoms with Crippen LogP contribution < -0.4 is 16.8 Å². The second-order valence-electron chi connectivity index (χ2n) is 1.49. The number of likely N-dealkylation sites (N-methyl/N-ethyl adjacent to an activating group) is 1. The van der Waals surface area contributed by atoms with Gasteiger partial charge in [0.2, 0.25) is 11.8 Å². The van der Waals surface area contributed by atoms with E-state index in [9.17, 15) is 9.59 Å². The molecule has 5 heteroatoms. The fraction of sp³-hybridized carbons (Fsp3) is 0.500. The van der Waals surface area contributed by atoms with Gasteiger partial charge in [-0.05, 0) is 0 Å². The number of carbonyl (C=O) groups excluding carboxylic acids is 2. The van der Waals surface area contributed by atoms with Gasteiger partial charge in [0, 0.05) is 7.05 Å². The van der Waals surface area contributed by atoms with Gasteiger partial charge in [-0.2, -0.15) is 0 Å². The molecule has 0 spiro atoms. The molecule has 5 nitrogen and oxygen atoms in total. The molecule has 0 heterocycles. The van der Waals surface area contributed by atoms with E-state index in [0.29, 0.717) is 0 Å². The first-order valence-corrected chi connectivity index (χ1v) is 2.36. The molecule has 52 valence electrons. The van der Waals surface area contributed by atoms with Crippen molar-refractivity contribution in [3.05, 3.63) is 0 Å². The Hall–Kier alpha value is -1.10. The summed E-state index contributed by atoms with van der Waals surface area (Å²) >= 11 is 0. The zero-order valence-corrected chi connectivity index (χ0v) is 5.05. The maximum Gasteiger partial charge on any atom is 0.246 e. The van der Waals surface area contributed by atoms with Gasteiger partial charge < -0.3 is 16.8 Å². The van der Waals surface area contributed by atoms with Crippen molar-refractivity contribution in [1.29, 1.82) is 0 Å². The average Bonchev–Trinajstić information content (AvgIpc) is 1.84. The topological polar surface area (TPSA) is 98.2 Å². The van der Waals surface area contributed by atoms with E-state index in [1.165, 1.54) is 7.05 Å². The number of hydrogen-bond acceptors (Lipinski definition) is 3. The monoisotopic (exact) mass is 131 g/mol. The Bertz CT molecular complexity index is 134. The van der Waals surface area contributed by atoms with Crippen molar-refractivity contribution in [3.63, 3.8) is 0 Å². The first kappa shape index (κ1) is 7.90. The third kappa shape index (κ3) is 2.09. The van der Waals surface area contributed by atoms with Crippen LogP contribution in [0, 0.1) is 0 Å². The Labute approximate surface area is 52.4 Å². The second kappa shape index (κ2) is 3.03. The minimum absolute atomic E-state index is 0.567. The molecule has 0 saturated carbocycles. The highest BCUT2D eigenvalue weighted by Gasteiger charge is 2.16. The van der Waals surface area contributed by atoms with Crippen LogP contribution in [0.4, 0.5) is 0 Å². The number of hydrogen-bond donors (Lipinski definition) is 3. The largest absolute Gasteiger partial charge is 0.368 e. The fourth-order valence-electron chi connectivity index (χ4n) is 0.285. The van der Waals surface area contributed by atoms with Crippen LogP contribution in [0.15, 0.2) is 0 Å².